The molecule has 0 aliphatic rings. The lowest BCUT2D eigenvalue weighted by atomic mass is 9.83. The number of rotatable bonds is 16. The largest absolute Gasteiger partial charge is 0.493 e. The minimum absolute atomic E-state index is 0.0505. The van der Waals surface area contributed by atoms with E-state index in [4.69, 9.17) is 19.9 Å². The zero-order valence-corrected chi connectivity index (χ0v) is 19.9. The van der Waals surface area contributed by atoms with Crippen LogP contribution in [0.15, 0.2) is 18.2 Å². The number of hydrogen-bond donors (Lipinski definition) is 3. The van der Waals surface area contributed by atoms with Crippen LogP contribution < -0.4 is 20.5 Å². The number of ether oxygens (including phenoxy) is 3. The van der Waals surface area contributed by atoms with Crippen molar-refractivity contribution < 1.29 is 24.1 Å². The van der Waals surface area contributed by atoms with E-state index >= 15 is 0 Å². The molecular weight excluding hydrogens is 396 g/mol. The Kier molecular flexibility index (Phi) is 13.2. The van der Waals surface area contributed by atoms with E-state index in [0.717, 1.165) is 30.6 Å². The lowest BCUT2D eigenvalue weighted by Gasteiger charge is -2.27. The monoisotopic (exact) mass is 438 g/mol. The van der Waals surface area contributed by atoms with Crippen LogP contribution >= 0.6 is 0 Å². The molecule has 0 aliphatic carbocycles. The van der Waals surface area contributed by atoms with Crippen molar-refractivity contribution in [2.75, 3.05) is 34.0 Å². The molecule has 0 heterocycles. The van der Waals surface area contributed by atoms with E-state index in [9.17, 15) is 9.90 Å². The van der Waals surface area contributed by atoms with Gasteiger partial charge in [-0.05, 0) is 48.8 Å². The van der Waals surface area contributed by atoms with Crippen LogP contribution in [0.25, 0.3) is 0 Å². The van der Waals surface area contributed by atoms with E-state index in [1.54, 1.807) is 14.2 Å². The first-order chi connectivity index (χ1) is 14.8. The standard InChI is InChI=1S/C24H42N2O5/c1-6-8-24(28)26-16-21(27)20(25)15-19(17(2)3)13-18-9-10-22(30-5)23(14-18)31-12-7-11-29-4/h9-10,14,17,19-21,27H,6-8,11-13,15-16,25H2,1-5H3,(H,26,28). The van der Waals surface area contributed by atoms with Crippen molar-refractivity contribution >= 4 is 5.91 Å². The molecule has 1 amide bonds. The number of hydrogen-bond acceptors (Lipinski definition) is 6. The number of benzene rings is 1. The molecule has 7 heteroatoms. The van der Waals surface area contributed by atoms with Crippen molar-refractivity contribution in [2.45, 2.75) is 65.0 Å². The predicted octanol–water partition coefficient (Wildman–Crippen LogP) is 2.92. The molecule has 0 radical (unpaired) electrons. The van der Waals surface area contributed by atoms with Gasteiger partial charge < -0.3 is 30.4 Å². The molecule has 0 fully saturated rings. The van der Waals surface area contributed by atoms with Gasteiger partial charge in [0.1, 0.15) is 0 Å². The number of nitrogens with two attached hydrogens (primary N) is 1. The molecule has 0 saturated heterocycles. The fourth-order valence-corrected chi connectivity index (χ4v) is 3.43. The smallest absolute Gasteiger partial charge is 0.220 e. The average Bonchev–Trinajstić information content (AvgIpc) is 2.74. The maximum absolute atomic E-state index is 11.6. The second-order valence-corrected chi connectivity index (χ2v) is 8.41. The Bertz CT molecular complexity index is 638. The van der Waals surface area contributed by atoms with Gasteiger partial charge in [-0.2, -0.15) is 0 Å². The highest BCUT2D eigenvalue weighted by Gasteiger charge is 2.23. The van der Waals surface area contributed by atoms with Gasteiger partial charge in [0.2, 0.25) is 5.91 Å². The van der Waals surface area contributed by atoms with Crippen molar-refractivity contribution in [3.63, 3.8) is 0 Å². The van der Waals surface area contributed by atoms with E-state index in [-0.39, 0.29) is 18.4 Å². The molecule has 3 atom stereocenters. The highest BCUT2D eigenvalue weighted by atomic mass is 16.5. The molecule has 0 aromatic heterocycles. The van der Waals surface area contributed by atoms with Crippen molar-refractivity contribution in [1.82, 2.24) is 5.32 Å². The third kappa shape index (κ3) is 10.4. The van der Waals surface area contributed by atoms with Crippen molar-refractivity contribution in [1.29, 1.82) is 0 Å². The van der Waals surface area contributed by atoms with E-state index in [0.29, 0.717) is 37.7 Å². The van der Waals surface area contributed by atoms with Crippen LogP contribution in [0.4, 0.5) is 0 Å². The molecule has 178 valence electrons. The summed E-state index contributed by atoms with van der Waals surface area (Å²) in [4.78, 5) is 11.6. The van der Waals surface area contributed by atoms with Gasteiger partial charge in [0.05, 0.1) is 19.8 Å². The molecule has 1 aromatic rings. The first-order valence-electron chi connectivity index (χ1n) is 11.3. The van der Waals surface area contributed by atoms with Crippen LogP contribution in [0.1, 0.15) is 52.0 Å². The topological polar surface area (TPSA) is 103 Å². The fourth-order valence-electron chi connectivity index (χ4n) is 3.43. The Hall–Kier alpha value is -1.83. The maximum atomic E-state index is 11.6. The van der Waals surface area contributed by atoms with Crippen LogP contribution in [-0.2, 0) is 16.0 Å². The summed E-state index contributed by atoms with van der Waals surface area (Å²) in [5.41, 5.74) is 7.42. The Morgan fingerprint density at radius 2 is 1.94 bits per heavy atom. The molecule has 4 N–H and O–H groups in total. The van der Waals surface area contributed by atoms with Gasteiger partial charge in [-0.1, -0.05) is 26.8 Å². The molecule has 0 spiro atoms. The minimum atomic E-state index is -0.766. The van der Waals surface area contributed by atoms with Gasteiger partial charge in [0.25, 0.3) is 0 Å². The van der Waals surface area contributed by atoms with Gasteiger partial charge in [-0.25, -0.2) is 0 Å². The number of carbonyl (C=O) groups is 1. The van der Waals surface area contributed by atoms with Crippen LogP contribution in [0.5, 0.6) is 11.5 Å². The van der Waals surface area contributed by atoms with Crippen molar-refractivity contribution in [3.05, 3.63) is 23.8 Å². The number of methoxy groups -OCH3 is 2. The molecule has 31 heavy (non-hydrogen) atoms. The molecule has 7 nitrogen and oxygen atoms in total. The third-order valence-electron chi connectivity index (χ3n) is 5.47. The first kappa shape index (κ1) is 27.2. The molecule has 3 unspecified atom stereocenters. The number of aliphatic hydroxyl groups is 1. The van der Waals surface area contributed by atoms with E-state index in [2.05, 4.69) is 19.2 Å². The summed E-state index contributed by atoms with van der Waals surface area (Å²) in [6.45, 7) is 7.67. The summed E-state index contributed by atoms with van der Waals surface area (Å²) in [5, 5.41) is 13.2. The Labute approximate surface area is 187 Å². The molecule has 1 rings (SSSR count). The number of amides is 1. The Morgan fingerprint density at radius 1 is 1.19 bits per heavy atom. The molecule has 0 bridgehead atoms. The van der Waals surface area contributed by atoms with Crippen LogP contribution in [0.2, 0.25) is 0 Å². The molecular formula is C24H42N2O5. The number of aliphatic hydroxyl groups excluding tert-OH is 1. The zero-order valence-electron chi connectivity index (χ0n) is 19.9. The van der Waals surface area contributed by atoms with Crippen LogP contribution in [0, 0.1) is 11.8 Å². The highest BCUT2D eigenvalue weighted by molar-refractivity contribution is 5.75. The summed E-state index contributed by atoms with van der Waals surface area (Å²) >= 11 is 0. The minimum Gasteiger partial charge on any atom is -0.493 e. The molecule has 0 saturated carbocycles. The summed E-state index contributed by atoms with van der Waals surface area (Å²) in [5.74, 6) is 2.05. The van der Waals surface area contributed by atoms with Crippen molar-refractivity contribution in [3.8, 4) is 11.5 Å². The number of nitrogens with one attached hydrogen (secondary N) is 1. The summed E-state index contributed by atoms with van der Waals surface area (Å²) in [7, 11) is 3.31. The van der Waals surface area contributed by atoms with Gasteiger partial charge in [0, 0.05) is 39.1 Å². The van der Waals surface area contributed by atoms with Crippen LogP contribution in [0.3, 0.4) is 0 Å². The summed E-state index contributed by atoms with van der Waals surface area (Å²) in [6.07, 6.45) is 2.77. The first-order valence-corrected chi connectivity index (χ1v) is 11.3. The van der Waals surface area contributed by atoms with Gasteiger partial charge in [-0.3, -0.25) is 4.79 Å². The molecule has 0 aliphatic heterocycles. The Morgan fingerprint density at radius 3 is 2.55 bits per heavy atom. The van der Waals surface area contributed by atoms with Gasteiger partial charge >= 0.3 is 0 Å². The van der Waals surface area contributed by atoms with Gasteiger partial charge in [0.15, 0.2) is 11.5 Å². The van der Waals surface area contributed by atoms with E-state index in [1.165, 1.54) is 0 Å². The van der Waals surface area contributed by atoms with Crippen molar-refractivity contribution in [2.24, 2.45) is 17.6 Å². The summed E-state index contributed by atoms with van der Waals surface area (Å²) in [6, 6.07) is 5.59. The summed E-state index contributed by atoms with van der Waals surface area (Å²) < 4.78 is 16.4. The number of carbonyl (C=O) groups excluding carboxylic acids is 1. The average molecular weight is 439 g/mol. The lowest BCUT2D eigenvalue weighted by molar-refractivity contribution is -0.121. The zero-order chi connectivity index (χ0) is 23.2. The highest BCUT2D eigenvalue weighted by Crippen LogP contribution is 2.31. The second-order valence-electron chi connectivity index (χ2n) is 8.41. The third-order valence-corrected chi connectivity index (χ3v) is 5.47. The Balaban J connectivity index is 2.73. The predicted molar refractivity (Wildman–Crippen MR) is 124 cm³/mol. The van der Waals surface area contributed by atoms with Crippen LogP contribution in [-0.4, -0.2) is 57.1 Å². The SMILES string of the molecule is CCCC(=O)NCC(O)C(N)CC(Cc1ccc(OC)c(OCCCOC)c1)C(C)C. The normalized spacial score (nSPS) is 14.2. The van der Waals surface area contributed by atoms with E-state index in [1.807, 2.05) is 25.1 Å². The van der Waals surface area contributed by atoms with E-state index < -0.39 is 12.1 Å². The fraction of sp³-hybridized carbons (Fsp3) is 0.708. The van der Waals surface area contributed by atoms with Gasteiger partial charge in [-0.15, -0.1) is 0 Å². The molecule has 1 aromatic carbocycles. The quantitative estimate of drug-likeness (QED) is 0.343. The second kappa shape index (κ2) is 15.1. The lowest BCUT2D eigenvalue weighted by Crippen LogP contribution is -2.44. The maximum Gasteiger partial charge on any atom is 0.220 e.